The molecule has 2 aliphatic heterocycles. The second-order valence-electron chi connectivity index (χ2n) is 12.3. The molecule has 6 atom stereocenters. The minimum atomic E-state index is -1.22. The van der Waals surface area contributed by atoms with Crippen molar-refractivity contribution in [3.63, 3.8) is 0 Å². The molecule has 8 heteroatoms. The molecule has 44 heavy (non-hydrogen) atoms. The molecule has 2 saturated heterocycles. The average Bonchev–Trinajstić information content (AvgIpc) is 3.39. The number of imide groups is 2. The molecule has 0 spiro atoms. The van der Waals surface area contributed by atoms with E-state index in [-0.39, 0.29) is 35.8 Å². The van der Waals surface area contributed by atoms with E-state index in [9.17, 15) is 24.3 Å². The van der Waals surface area contributed by atoms with Gasteiger partial charge in [-0.25, -0.2) is 4.90 Å². The summed E-state index contributed by atoms with van der Waals surface area (Å²) in [6.07, 6.45) is 4.73. The second-order valence-corrected chi connectivity index (χ2v) is 13.2. The zero-order chi connectivity index (χ0) is 30.9. The van der Waals surface area contributed by atoms with Gasteiger partial charge in [-0.2, -0.15) is 0 Å². The summed E-state index contributed by atoms with van der Waals surface area (Å²) in [4.78, 5) is 59.3. The standard InChI is InChI=1S/C36H31BrN2O5/c1-3-8-20-9-7-12-26(31(20)40)30-24-17-18-25-29(34(43)38(32(25)41)23-15-13-21(37)14-16-23)27(24)19-28-33(42)39(35(44)36(28,30)2)22-10-5-4-6-11-22/h3-7,9-17,25,27-30,40H,1,8,18-19H2,2H3/t25-,27+,28-,29-,30+,36+/m0/s1. The molecule has 7 nitrogen and oxygen atoms in total. The molecule has 3 fully saturated rings. The van der Waals surface area contributed by atoms with Gasteiger partial charge in [-0.1, -0.05) is 70.1 Å². The maximum Gasteiger partial charge on any atom is 0.241 e. The van der Waals surface area contributed by atoms with E-state index in [2.05, 4.69) is 22.5 Å². The van der Waals surface area contributed by atoms with Crippen molar-refractivity contribution in [2.75, 3.05) is 9.80 Å². The molecule has 4 amide bonds. The van der Waals surface area contributed by atoms with Gasteiger partial charge in [-0.3, -0.25) is 24.1 Å². The summed E-state index contributed by atoms with van der Waals surface area (Å²) >= 11 is 3.42. The molecular formula is C36H31BrN2O5. The van der Waals surface area contributed by atoms with Crippen LogP contribution >= 0.6 is 15.9 Å². The highest BCUT2D eigenvalue weighted by atomic mass is 79.9. The average molecular weight is 652 g/mol. The Kier molecular flexibility index (Phi) is 6.73. The Balaban J connectivity index is 1.39. The molecule has 1 N–H and O–H groups in total. The number of para-hydroxylation sites is 2. The molecular weight excluding hydrogens is 620 g/mol. The van der Waals surface area contributed by atoms with Crippen LogP contribution in [0.4, 0.5) is 11.4 Å². The van der Waals surface area contributed by atoms with Gasteiger partial charge in [0.05, 0.1) is 34.5 Å². The third kappa shape index (κ3) is 3.93. The summed E-state index contributed by atoms with van der Waals surface area (Å²) in [5, 5.41) is 11.6. The monoisotopic (exact) mass is 650 g/mol. The van der Waals surface area contributed by atoms with Crippen LogP contribution in [0.25, 0.3) is 0 Å². The van der Waals surface area contributed by atoms with E-state index in [1.807, 2.05) is 37.3 Å². The van der Waals surface area contributed by atoms with Crippen LogP contribution in [0.15, 0.2) is 102 Å². The number of hydrogen-bond donors (Lipinski definition) is 1. The van der Waals surface area contributed by atoms with Gasteiger partial charge < -0.3 is 5.11 Å². The third-order valence-corrected chi connectivity index (χ3v) is 10.7. The Morgan fingerprint density at radius 3 is 2.30 bits per heavy atom. The van der Waals surface area contributed by atoms with E-state index < -0.39 is 35.0 Å². The Morgan fingerprint density at radius 2 is 1.59 bits per heavy atom. The van der Waals surface area contributed by atoms with Gasteiger partial charge >= 0.3 is 0 Å². The number of benzene rings is 3. The van der Waals surface area contributed by atoms with Gasteiger partial charge in [0, 0.05) is 16.0 Å². The Morgan fingerprint density at radius 1 is 0.886 bits per heavy atom. The Labute approximate surface area is 264 Å². The molecule has 2 heterocycles. The van der Waals surface area contributed by atoms with Crippen LogP contribution in [0.5, 0.6) is 5.75 Å². The van der Waals surface area contributed by atoms with Gasteiger partial charge in [-0.15, -0.1) is 6.58 Å². The summed E-state index contributed by atoms with van der Waals surface area (Å²) in [5.74, 6) is -4.26. The van der Waals surface area contributed by atoms with Crippen LogP contribution in [-0.2, 0) is 25.6 Å². The molecule has 222 valence electrons. The maximum absolute atomic E-state index is 14.5. The van der Waals surface area contributed by atoms with Gasteiger partial charge in [0.2, 0.25) is 23.6 Å². The number of hydrogen-bond acceptors (Lipinski definition) is 5. The van der Waals surface area contributed by atoms with Crippen molar-refractivity contribution in [1.82, 2.24) is 0 Å². The lowest BCUT2D eigenvalue weighted by molar-refractivity contribution is -0.131. The van der Waals surface area contributed by atoms with Crippen LogP contribution in [0.2, 0.25) is 0 Å². The van der Waals surface area contributed by atoms with E-state index in [4.69, 9.17) is 0 Å². The number of allylic oxidation sites excluding steroid dienone is 3. The summed E-state index contributed by atoms with van der Waals surface area (Å²) < 4.78 is 0.835. The smallest absolute Gasteiger partial charge is 0.241 e. The Bertz CT molecular complexity index is 1770. The summed E-state index contributed by atoms with van der Waals surface area (Å²) in [5.41, 5.74) is 1.83. The van der Waals surface area contributed by atoms with Crippen LogP contribution in [-0.4, -0.2) is 28.7 Å². The topological polar surface area (TPSA) is 95.0 Å². The van der Waals surface area contributed by atoms with Crippen molar-refractivity contribution in [2.24, 2.45) is 29.1 Å². The highest BCUT2D eigenvalue weighted by Gasteiger charge is 2.68. The third-order valence-electron chi connectivity index (χ3n) is 10.2. The number of halogens is 1. The molecule has 0 radical (unpaired) electrons. The maximum atomic E-state index is 14.5. The van der Waals surface area contributed by atoms with E-state index in [0.717, 1.165) is 10.0 Å². The minimum absolute atomic E-state index is 0.0600. The second kappa shape index (κ2) is 10.4. The number of amides is 4. The number of rotatable bonds is 5. The molecule has 4 aliphatic rings. The van der Waals surface area contributed by atoms with E-state index >= 15 is 0 Å². The molecule has 3 aromatic rings. The summed E-state index contributed by atoms with van der Waals surface area (Å²) in [6.45, 7) is 5.64. The lowest BCUT2D eigenvalue weighted by Crippen LogP contribution is -2.49. The number of fused-ring (bicyclic) bond motifs is 4. The largest absolute Gasteiger partial charge is 0.507 e. The van der Waals surface area contributed by atoms with E-state index in [1.165, 1.54) is 9.80 Å². The number of carbonyl (C=O) groups is 4. The Hall–Kier alpha value is -4.30. The van der Waals surface area contributed by atoms with Crippen molar-refractivity contribution in [3.05, 3.63) is 113 Å². The van der Waals surface area contributed by atoms with Gasteiger partial charge in [0.15, 0.2) is 0 Å². The molecule has 0 aromatic heterocycles. The van der Waals surface area contributed by atoms with Crippen LogP contribution in [0, 0.1) is 29.1 Å². The van der Waals surface area contributed by atoms with Crippen molar-refractivity contribution >= 4 is 50.9 Å². The molecule has 1 saturated carbocycles. The molecule has 2 aliphatic carbocycles. The zero-order valence-corrected chi connectivity index (χ0v) is 25.7. The predicted molar refractivity (Wildman–Crippen MR) is 170 cm³/mol. The number of anilines is 2. The quantitative estimate of drug-likeness (QED) is 0.258. The summed E-state index contributed by atoms with van der Waals surface area (Å²) in [7, 11) is 0. The lowest BCUT2D eigenvalue weighted by atomic mass is 9.51. The number of carbonyl (C=O) groups excluding carboxylic acids is 4. The first kappa shape index (κ1) is 28.5. The van der Waals surface area contributed by atoms with Crippen molar-refractivity contribution < 1.29 is 24.3 Å². The fraction of sp³-hybridized carbons (Fsp3) is 0.278. The van der Waals surface area contributed by atoms with Gasteiger partial charge in [-0.05, 0) is 74.1 Å². The van der Waals surface area contributed by atoms with E-state index in [0.29, 0.717) is 35.3 Å². The fourth-order valence-corrected chi connectivity index (χ4v) is 8.46. The van der Waals surface area contributed by atoms with E-state index in [1.54, 1.807) is 54.6 Å². The summed E-state index contributed by atoms with van der Waals surface area (Å²) in [6, 6.07) is 21.4. The number of nitrogens with zero attached hydrogens (tertiary/aromatic N) is 2. The first-order valence-corrected chi connectivity index (χ1v) is 15.7. The number of phenolic OH excluding ortho intramolecular Hbond substituents is 1. The number of phenols is 1. The first-order chi connectivity index (χ1) is 21.2. The molecule has 0 unspecified atom stereocenters. The van der Waals surface area contributed by atoms with Gasteiger partial charge in [0.25, 0.3) is 0 Å². The highest BCUT2D eigenvalue weighted by molar-refractivity contribution is 9.10. The van der Waals surface area contributed by atoms with Gasteiger partial charge in [0.1, 0.15) is 5.75 Å². The zero-order valence-electron chi connectivity index (χ0n) is 24.2. The van der Waals surface area contributed by atoms with Crippen molar-refractivity contribution in [3.8, 4) is 5.75 Å². The lowest BCUT2D eigenvalue weighted by Gasteiger charge is -2.49. The van der Waals surface area contributed by atoms with Crippen LogP contribution < -0.4 is 9.80 Å². The number of aromatic hydroxyl groups is 1. The molecule has 0 bridgehead atoms. The first-order valence-electron chi connectivity index (χ1n) is 14.9. The van der Waals surface area contributed by atoms with Crippen molar-refractivity contribution in [2.45, 2.75) is 32.1 Å². The highest BCUT2D eigenvalue weighted by Crippen LogP contribution is 2.64. The normalized spacial score (nSPS) is 29.3. The molecule has 7 rings (SSSR count). The molecule has 3 aromatic carbocycles. The predicted octanol–water partition coefficient (Wildman–Crippen LogP) is 6.32. The minimum Gasteiger partial charge on any atom is -0.507 e. The van der Waals surface area contributed by atoms with Crippen LogP contribution in [0.1, 0.15) is 36.8 Å². The SMILES string of the molecule is C=CCc1cccc([C@H]2C3=CC[C@@H]4C(=O)N(c5ccc(Br)cc5)C(=O)[C@@H]4[C@@H]3C[C@H]3C(=O)N(c4ccccc4)C(=O)[C@@]23C)c1O. The fourth-order valence-electron chi connectivity index (χ4n) is 8.19. The van der Waals surface area contributed by atoms with Crippen LogP contribution in [0.3, 0.4) is 0 Å². The van der Waals surface area contributed by atoms with Crippen molar-refractivity contribution in [1.29, 1.82) is 0 Å².